The molecule has 55 heavy (non-hydrogen) atoms. The second-order valence-electron chi connectivity index (χ2n) is 18.8. The first kappa shape index (κ1) is 44.4. The lowest BCUT2D eigenvalue weighted by Gasteiger charge is -2.35. The van der Waals surface area contributed by atoms with Crippen LogP contribution in [0, 0.1) is 0 Å². The van der Waals surface area contributed by atoms with Crippen LogP contribution in [0.4, 0.5) is 0 Å². The summed E-state index contributed by atoms with van der Waals surface area (Å²) in [4.78, 5) is 0. The molecule has 0 atom stereocenters. The van der Waals surface area contributed by atoms with Gasteiger partial charge in [0.1, 0.15) is 5.75 Å². The molecule has 0 unspecified atom stereocenters. The summed E-state index contributed by atoms with van der Waals surface area (Å²) in [6.07, 6.45) is 21.3. The van der Waals surface area contributed by atoms with Crippen molar-refractivity contribution in [3.05, 3.63) is 135 Å². The molecule has 1 nitrogen and oxygen atoms in total. The van der Waals surface area contributed by atoms with Crippen LogP contribution in [0.3, 0.4) is 0 Å². The molecule has 0 radical (unpaired) electrons. The predicted octanol–water partition coefficient (Wildman–Crippen LogP) is 15.3. The smallest absolute Gasteiger partial charge is 0.119 e. The lowest BCUT2D eigenvalue weighted by molar-refractivity contribution is 0.438. The number of hydrogen-bond acceptors (Lipinski definition) is 1. The van der Waals surface area contributed by atoms with Crippen molar-refractivity contribution in [1.82, 2.24) is 0 Å². The van der Waals surface area contributed by atoms with Gasteiger partial charge in [-0.1, -0.05) is 199 Å². The van der Waals surface area contributed by atoms with E-state index in [-0.39, 0.29) is 16.2 Å². The molecular weight excluding hydrogens is 665 g/mol. The van der Waals surface area contributed by atoms with Crippen LogP contribution in [-0.2, 0) is 54.8 Å². The molecule has 0 amide bonds. The zero-order valence-electron chi connectivity index (χ0n) is 36.8. The van der Waals surface area contributed by atoms with Crippen molar-refractivity contribution in [2.24, 2.45) is 0 Å². The SMILES string of the molecule is CCCCCCc1ccccc1C(C)(C)Cc1ccc(O)c(CC(C)(C)c2ccccc2CCCCCC)c1CC(C)(C)c1ccccc1CCCCCC. The van der Waals surface area contributed by atoms with Gasteiger partial charge >= 0.3 is 0 Å². The molecule has 1 N–H and O–H groups in total. The molecule has 0 fully saturated rings. The Balaban J connectivity index is 1.80. The molecule has 0 bridgehead atoms. The van der Waals surface area contributed by atoms with E-state index in [1.165, 1.54) is 122 Å². The second kappa shape index (κ2) is 21.3. The highest BCUT2D eigenvalue weighted by Gasteiger charge is 2.33. The van der Waals surface area contributed by atoms with E-state index >= 15 is 0 Å². The number of benzene rings is 4. The maximum atomic E-state index is 12.0. The third-order valence-corrected chi connectivity index (χ3v) is 12.5. The summed E-state index contributed by atoms with van der Waals surface area (Å²) in [5, 5.41) is 12.0. The number of phenols is 1. The van der Waals surface area contributed by atoms with Crippen LogP contribution >= 0.6 is 0 Å². The van der Waals surface area contributed by atoms with E-state index in [1.54, 1.807) is 0 Å². The average Bonchev–Trinajstić information content (AvgIpc) is 3.16. The predicted molar refractivity (Wildman–Crippen MR) is 241 cm³/mol. The third kappa shape index (κ3) is 12.6. The highest BCUT2D eigenvalue weighted by molar-refractivity contribution is 5.50. The Bertz CT molecular complexity index is 1740. The molecule has 0 aliphatic carbocycles. The summed E-state index contributed by atoms with van der Waals surface area (Å²) in [6, 6.07) is 31.8. The number of rotatable bonds is 24. The Hall–Kier alpha value is -3.32. The third-order valence-electron chi connectivity index (χ3n) is 12.5. The van der Waals surface area contributed by atoms with E-state index in [1.807, 2.05) is 6.07 Å². The molecule has 0 spiro atoms. The van der Waals surface area contributed by atoms with Gasteiger partial charge in [0, 0.05) is 0 Å². The fourth-order valence-corrected chi connectivity index (χ4v) is 9.38. The van der Waals surface area contributed by atoms with Gasteiger partial charge in [0.2, 0.25) is 0 Å². The average molecular weight is 743 g/mol. The van der Waals surface area contributed by atoms with Gasteiger partial charge in [0.05, 0.1) is 0 Å². The van der Waals surface area contributed by atoms with Crippen LogP contribution in [0.15, 0.2) is 84.9 Å². The Morgan fingerprint density at radius 2 is 0.709 bits per heavy atom. The summed E-state index contributed by atoms with van der Waals surface area (Å²) in [5.41, 5.74) is 12.4. The summed E-state index contributed by atoms with van der Waals surface area (Å²) in [7, 11) is 0. The molecule has 0 saturated carbocycles. The molecule has 0 saturated heterocycles. The van der Waals surface area contributed by atoms with Gasteiger partial charge < -0.3 is 5.11 Å². The Morgan fingerprint density at radius 3 is 1.09 bits per heavy atom. The van der Waals surface area contributed by atoms with E-state index in [0.717, 1.165) is 44.1 Å². The molecule has 4 aromatic rings. The van der Waals surface area contributed by atoms with Gasteiger partial charge in [-0.3, -0.25) is 0 Å². The van der Waals surface area contributed by atoms with Crippen molar-refractivity contribution < 1.29 is 5.11 Å². The van der Waals surface area contributed by atoms with Gasteiger partial charge in [0.25, 0.3) is 0 Å². The molecule has 0 aliphatic rings. The number of unbranched alkanes of at least 4 members (excludes halogenated alkanes) is 9. The van der Waals surface area contributed by atoms with Gasteiger partial charge in [-0.15, -0.1) is 0 Å². The van der Waals surface area contributed by atoms with E-state index < -0.39 is 0 Å². The standard InChI is InChI=1S/C54H78O/c1-10-13-16-19-28-42-31-22-25-34-48(42)52(4,5)39-45-37-38-51(55)47(41-54(8,9)50-36-27-24-33-44(50)30-21-18-15-12-3)46(45)40-53(6,7)49-35-26-23-32-43(49)29-20-17-14-11-2/h22-27,31-38,55H,10-21,28-30,39-41H2,1-9H3. The first-order valence-corrected chi connectivity index (χ1v) is 22.4. The normalized spacial score (nSPS) is 12.4. The monoisotopic (exact) mass is 743 g/mol. The van der Waals surface area contributed by atoms with Crippen molar-refractivity contribution in [2.75, 3.05) is 0 Å². The summed E-state index contributed by atoms with van der Waals surface area (Å²) < 4.78 is 0. The minimum Gasteiger partial charge on any atom is -0.508 e. The van der Waals surface area contributed by atoms with Crippen molar-refractivity contribution in [3.8, 4) is 5.75 Å². The van der Waals surface area contributed by atoms with E-state index in [9.17, 15) is 5.11 Å². The van der Waals surface area contributed by atoms with Gasteiger partial charge in [-0.05, 0) is 130 Å². The molecule has 0 heterocycles. The highest BCUT2D eigenvalue weighted by Crippen LogP contribution is 2.42. The topological polar surface area (TPSA) is 20.2 Å². The summed E-state index contributed by atoms with van der Waals surface area (Å²) >= 11 is 0. The van der Waals surface area contributed by atoms with Crippen LogP contribution in [-0.4, -0.2) is 5.11 Å². The number of aryl methyl sites for hydroxylation is 3. The minimum absolute atomic E-state index is 0.0632. The molecule has 1 heteroatoms. The van der Waals surface area contributed by atoms with Crippen molar-refractivity contribution in [3.63, 3.8) is 0 Å². The fraction of sp³-hybridized carbons (Fsp3) is 0.556. The lowest BCUT2D eigenvalue weighted by atomic mass is 9.69. The fourth-order valence-electron chi connectivity index (χ4n) is 9.38. The number of hydrogen-bond donors (Lipinski definition) is 1. The molecule has 0 aliphatic heterocycles. The zero-order valence-corrected chi connectivity index (χ0v) is 36.8. The lowest BCUT2D eigenvalue weighted by Crippen LogP contribution is -2.29. The number of aromatic hydroxyl groups is 1. The van der Waals surface area contributed by atoms with E-state index in [4.69, 9.17) is 0 Å². The van der Waals surface area contributed by atoms with E-state index in [0.29, 0.717) is 5.75 Å². The minimum atomic E-state index is -0.145. The van der Waals surface area contributed by atoms with Crippen LogP contribution in [0.25, 0.3) is 0 Å². The Kier molecular flexibility index (Phi) is 17.2. The Labute approximate surface area is 338 Å². The molecular formula is C54H78O. The molecule has 0 aromatic heterocycles. The quantitative estimate of drug-likeness (QED) is 0.0709. The summed E-state index contributed by atoms with van der Waals surface area (Å²) in [5.74, 6) is 0.449. The first-order chi connectivity index (χ1) is 26.3. The van der Waals surface area contributed by atoms with Gasteiger partial charge in [-0.25, -0.2) is 0 Å². The summed E-state index contributed by atoms with van der Waals surface area (Å²) in [6.45, 7) is 21.5. The van der Waals surface area contributed by atoms with Gasteiger partial charge in [-0.2, -0.15) is 0 Å². The highest BCUT2D eigenvalue weighted by atomic mass is 16.3. The molecule has 4 aromatic carbocycles. The van der Waals surface area contributed by atoms with Crippen LogP contribution in [0.5, 0.6) is 5.75 Å². The van der Waals surface area contributed by atoms with Gasteiger partial charge in [0.15, 0.2) is 0 Å². The van der Waals surface area contributed by atoms with Crippen molar-refractivity contribution in [2.45, 2.75) is 194 Å². The molecule has 300 valence electrons. The van der Waals surface area contributed by atoms with Crippen molar-refractivity contribution in [1.29, 1.82) is 0 Å². The second-order valence-corrected chi connectivity index (χ2v) is 18.8. The Morgan fingerprint density at radius 1 is 0.364 bits per heavy atom. The zero-order chi connectivity index (χ0) is 39.9. The van der Waals surface area contributed by atoms with Crippen molar-refractivity contribution >= 4 is 0 Å². The number of phenolic OH excluding ortho intramolecular Hbond substituents is 1. The van der Waals surface area contributed by atoms with E-state index in [2.05, 4.69) is 141 Å². The maximum Gasteiger partial charge on any atom is 0.119 e. The van der Waals surface area contributed by atoms with Crippen LogP contribution in [0.1, 0.15) is 189 Å². The first-order valence-electron chi connectivity index (χ1n) is 22.4. The van der Waals surface area contributed by atoms with Crippen LogP contribution < -0.4 is 0 Å². The largest absolute Gasteiger partial charge is 0.508 e. The molecule has 4 rings (SSSR count). The van der Waals surface area contributed by atoms with Crippen LogP contribution in [0.2, 0.25) is 0 Å². The maximum absolute atomic E-state index is 12.0.